The van der Waals surface area contributed by atoms with Gasteiger partial charge in [-0.15, -0.1) is 0 Å². The van der Waals surface area contributed by atoms with Crippen molar-refractivity contribution in [1.29, 1.82) is 0 Å². The van der Waals surface area contributed by atoms with Crippen LogP contribution in [-0.4, -0.2) is 43.3 Å². The van der Waals surface area contributed by atoms with Gasteiger partial charge in [-0.05, 0) is 54.2 Å². The van der Waals surface area contributed by atoms with E-state index >= 15 is 0 Å². The Morgan fingerprint density at radius 2 is 2.22 bits per heavy atom. The average molecular weight is 332 g/mol. The summed E-state index contributed by atoms with van der Waals surface area (Å²) in [6.45, 7) is -0.572. The number of methoxy groups -OCH3 is 2. The Hall–Kier alpha value is -1.26. The Bertz CT molecular complexity index is 1010. The van der Waals surface area contributed by atoms with Gasteiger partial charge in [0.25, 0.3) is 0 Å². The number of benzene rings is 1. The van der Waals surface area contributed by atoms with Crippen LogP contribution in [0, 0.1) is 11.8 Å². The third-order valence-electron chi connectivity index (χ3n) is 3.84. The number of piperidine rings is 1. The fourth-order valence-corrected chi connectivity index (χ4v) is 2.80. The first-order chi connectivity index (χ1) is 15.5. The molecule has 0 bridgehead atoms. The van der Waals surface area contributed by atoms with Crippen molar-refractivity contribution in [1.82, 2.24) is 4.90 Å². The van der Waals surface area contributed by atoms with Gasteiger partial charge in [-0.2, -0.15) is 0 Å². The maximum Gasteiger partial charge on any atom is 0.161 e. The van der Waals surface area contributed by atoms with Crippen LogP contribution < -0.4 is 9.47 Å². The van der Waals surface area contributed by atoms with E-state index < -0.39 is 67.7 Å². The summed E-state index contributed by atoms with van der Waals surface area (Å²) in [5, 5.41) is 11.2. The van der Waals surface area contributed by atoms with Crippen LogP contribution in [-0.2, 0) is 6.37 Å². The molecule has 128 valence electrons. The molecule has 3 atom stereocenters. The maximum atomic E-state index is 11.2. The van der Waals surface area contributed by atoms with Crippen molar-refractivity contribution in [3.63, 3.8) is 0 Å². The summed E-state index contributed by atoms with van der Waals surface area (Å²) in [6, 6.07) is -1.13. The lowest BCUT2D eigenvalue weighted by molar-refractivity contribution is -0.0191. The molecule has 0 aliphatic carbocycles. The smallest absolute Gasteiger partial charge is 0.161 e. The minimum Gasteiger partial charge on any atom is -0.493 e. The Balaban J connectivity index is 2.43. The quantitative estimate of drug-likeness (QED) is 0.921. The van der Waals surface area contributed by atoms with Crippen molar-refractivity contribution in [3.8, 4) is 11.5 Å². The van der Waals surface area contributed by atoms with Crippen LogP contribution in [0.1, 0.15) is 60.2 Å². The molecule has 2 aliphatic heterocycles. The molecule has 1 aromatic carbocycles. The number of ether oxygens (including phenoxy) is 2. The van der Waals surface area contributed by atoms with Crippen LogP contribution >= 0.6 is 0 Å². The summed E-state index contributed by atoms with van der Waals surface area (Å²) in [5.41, 5.74) is -1.07. The zero-order valence-electron chi connectivity index (χ0n) is 25.4. The lowest BCUT2D eigenvalue weighted by atomic mass is 9.79. The van der Waals surface area contributed by atoms with E-state index in [1.54, 1.807) is 13.8 Å². The number of aryl methyl sites for hydroxylation is 1. The SMILES string of the molecule is [2H]C([2H])([2H])Oc1cc2c(cc1OC)C([2H])([2H])C([2H])([2H])N1CC([2H])(CC(C)C)C([2H])(O)C([2H])([2H])C21[2H]. The monoisotopic (exact) mass is 331 g/mol. The molecule has 23 heavy (non-hydrogen) atoms. The molecule has 3 unspecified atom stereocenters. The van der Waals surface area contributed by atoms with Crippen LogP contribution in [0.15, 0.2) is 12.1 Å². The van der Waals surface area contributed by atoms with E-state index in [1.807, 2.05) is 0 Å². The Labute approximate surface area is 156 Å². The largest absolute Gasteiger partial charge is 0.493 e. The van der Waals surface area contributed by atoms with Crippen LogP contribution in [0.25, 0.3) is 0 Å². The highest BCUT2D eigenvalue weighted by Crippen LogP contribution is 2.43. The molecule has 3 rings (SSSR count). The Kier molecular flexibility index (Phi) is 2.13. The zero-order valence-corrected chi connectivity index (χ0v) is 13.4. The van der Waals surface area contributed by atoms with Crippen molar-refractivity contribution in [2.75, 3.05) is 27.2 Å². The van der Waals surface area contributed by atoms with Crippen LogP contribution in [0.2, 0.25) is 0 Å². The van der Waals surface area contributed by atoms with E-state index in [0.29, 0.717) is 4.90 Å². The molecular formula is C19H29NO3. The van der Waals surface area contributed by atoms with Gasteiger partial charge in [-0.3, -0.25) is 4.90 Å². The molecular weight excluding hydrogens is 290 g/mol. The lowest BCUT2D eigenvalue weighted by Gasteiger charge is -2.46. The second-order valence-corrected chi connectivity index (χ2v) is 6.00. The van der Waals surface area contributed by atoms with Gasteiger partial charge in [0.1, 0.15) is 0 Å². The summed E-state index contributed by atoms with van der Waals surface area (Å²) in [6.07, 6.45) is -9.73. The van der Waals surface area contributed by atoms with Gasteiger partial charge in [0, 0.05) is 28.7 Å². The van der Waals surface area contributed by atoms with Crippen LogP contribution in [0.4, 0.5) is 0 Å². The molecule has 0 radical (unpaired) electrons. The Morgan fingerprint density at radius 1 is 1.43 bits per heavy atom. The van der Waals surface area contributed by atoms with Gasteiger partial charge in [0.05, 0.1) is 27.1 Å². The third-order valence-corrected chi connectivity index (χ3v) is 3.84. The molecule has 1 saturated heterocycles. The minimum absolute atomic E-state index is 0.235. The molecule has 0 spiro atoms. The van der Waals surface area contributed by atoms with Crippen molar-refractivity contribution >= 4 is 0 Å². The topological polar surface area (TPSA) is 41.9 Å². The number of nitrogens with zero attached hydrogens (tertiary/aromatic N) is 1. The highest BCUT2D eigenvalue weighted by Gasteiger charge is 2.38. The van der Waals surface area contributed by atoms with Gasteiger partial charge in [0.15, 0.2) is 11.5 Å². The van der Waals surface area contributed by atoms with E-state index in [4.69, 9.17) is 24.6 Å². The highest BCUT2D eigenvalue weighted by molar-refractivity contribution is 5.49. The molecule has 1 fully saturated rings. The molecule has 2 heterocycles. The van der Waals surface area contributed by atoms with Gasteiger partial charge in [0.2, 0.25) is 0 Å². The van der Waals surface area contributed by atoms with E-state index in [9.17, 15) is 6.48 Å². The second kappa shape index (κ2) is 6.70. The summed E-state index contributed by atoms with van der Waals surface area (Å²) in [7, 11) is -1.85. The zero-order chi connectivity index (χ0) is 27.2. The first-order valence-electron chi connectivity index (χ1n) is 13.4. The molecule has 0 aromatic heterocycles. The standard InChI is InChI=1S/C19H29NO3/c1-12(2)7-14-11-20-6-5-13-8-18(22-3)19(23-4)9-15(13)16(20)10-17(14)21/h8-9,12,14,16-17,21H,5-7,10-11H2,1-4H3/i4D3,5D2,6D2,10D2,14D,16D,17D. The molecule has 1 aromatic rings. The lowest BCUT2D eigenvalue weighted by Crippen LogP contribution is -2.48. The molecule has 0 amide bonds. The molecule has 4 heteroatoms. The average Bonchev–Trinajstić information content (AvgIpc) is 2.67. The van der Waals surface area contributed by atoms with E-state index in [-0.39, 0.29) is 18.1 Å². The van der Waals surface area contributed by atoms with Crippen LogP contribution in [0.5, 0.6) is 11.5 Å². The first kappa shape index (κ1) is 7.32. The second-order valence-electron chi connectivity index (χ2n) is 6.00. The van der Waals surface area contributed by atoms with Crippen molar-refractivity contribution in [3.05, 3.63) is 23.3 Å². The summed E-state index contributed by atoms with van der Waals surface area (Å²) >= 11 is 0. The summed E-state index contributed by atoms with van der Waals surface area (Å²) < 4.78 is 111. The number of aliphatic hydroxyl groups is 1. The molecule has 4 nitrogen and oxygen atoms in total. The molecule has 1 N–H and O–H groups in total. The normalized spacial score (nSPS) is 51.9. The number of fused-ring (bicyclic) bond motifs is 3. The number of rotatable bonds is 4. The van der Waals surface area contributed by atoms with Gasteiger partial charge < -0.3 is 14.6 Å². The van der Waals surface area contributed by atoms with E-state index in [1.165, 1.54) is 0 Å². The summed E-state index contributed by atoms with van der Waals surface area (Å²) in [5.74, 6) is -3.42. The number of hydrogen-bond donors (Lipinski definition) is 1. The summed E-state index contributed by atoms with van der Waals surface area (Å²) in [4.78, 5) is 0.520. The fourth-order valence-electron chi connectivity index (χ4n) is 2.80. The van der Waals surface area contributed by atoms with Crippen molar-refractivity contribution in [2.45, 2.75) is 45.1 Å². The Morgan fingerprint density at radius 3 is 2.91 bits per heavy atom. The fraction of sp³-hybridized carbons (Fsp3) is 0.684. The highest BCUT2D eigenvalue weighted by atomic mass is 16.5. The molecule has 2 aliphatic rings. The number of hydrogen-bond acceptors (Lipinski definition) is 4. The first-order valence-corrected chi connectivity index (χ1v) is 7.43. The van der Waals surface area contributed by atoms with Crippen molar-refractivity contribution in [2.24, 2.45) is 11.8 Å². The third kappa shape index (κ3) is 3.20. The maximum absolute atomic E-state index is 11.2. The molecule has 0 saturated carbocycles. The predicted molar refractivity (Wildman–Crippen MR) is 91.1 cm³/mol. The van der Waals surface area contributed by atoms with Gasteiger partial charge in [-0.1, -0.05) is 13.8 Å². The van der Waals surface area contributed by atoms with E-state index in [0.717, 1.165) is 19.2 Å². The predicted octanol–water partition coefficient (Wildman–Crippen LogP) is 3.03. The minimum atomic E-state index is -3.36. The van der Waals surface area contributed by atoms with Gasteiger partial charge >= 0.3 is 0 Å². The van der Waals surface area contributed by atoms with Crippen molar-refractivity contribution < 1.29 is 31.0 Å². The van der Waals surface area contributed by atoms with Crippen LogP contribution in [0.3, 0.4) is 0 Å². The van der Waals surface area contributed by atoms with Gasteiger partial charge in [-0.25, -0.2) is 0 Å². The van der Waals surface area contributed by atoms with E-state index in [2.05, 4.69) is 0 Å².